The van der Waals surface area contributed by atoms with E-state index in [1.54, 1.807) is 0 Å². The Bertz CT molecular complexity index is 244. The van der Waals surface area contributed by atoms with Gasteiger partial charge in [0.1, 0.15) is 0 Å². The monoisotopic (exact) mass is 144 g/mol. The van der Waals surface area contributed by atoms with Crippen molar-refractivity contribution < 1.29 is 14.7 Å². The first-order valence-corrected chi connectivity index (χ1v) is 2.27. The summed E-state index contributed by atoms with van der Waals surface area (Å²) in [6.45, 7) is 0. The molecular weight excluding hydrogens is 140 g/mol. The van der Waals surface area contributed by atoms with Crippen molar-refractivity contribution >= 4 is 12.1 Å². The van der Waals surface area contributed by atoms with Crippen molar-refractivity contribution in [1.82, 2.24) is 14.9 Å². The van der Waals surface area contributed by atoms with Gasteiger partial charge in [0.05, 0.1) is 0 Å². The van der Waals surface area contributed by atoms with Crippen LogP contribution in [0.5, 0.6) is 0 Å². The lowest BCUT2D eigenvalue weighted by Gasteiger charge is -1.92. The molecule has 10 heavy (non-hydrogen) atoms. The van der Waals surface area contributed by atoms with Crippen LogP contribution in [0.3, 0.4) is 0 Å². The molecule has 54 valence electrons. The first kappa shape index (κ1) is 6.33. The SMILES string of the molecule is Nc1ncn(OC(=O)O)n1. The lowest BCUT2D eigenvalue weighted by Crippen LogP contribution is -2.17. The predicted molar refractivity (Wildman–Crippen MR) is 29.0 cm³/mol. The van der Waals surface area contributed by atoms with E-state index >= 15 is 0 Å². The molecule has 0 atom stereocenters. The largest absolute Gasteiger partial charge is 0.532 e. The van der Waals surface area contributed by atoms with Gasteiger partial charge < -0.3 is 10.8 Å². The molecule has 0 saturated heterocycles. The number of hydrogen-bond acceptors (Lipinski definition) is 5. The van der Waals surface area contributed by atoms with Gasteiger partial charge in [0, 0.05) is 0 Å². The number of anilines is 1. The third kappa shape index (κ3) is 1.34. The molecule has 1 heterocycles. The first-order chi connectivity index (χ1) is 4.68. The van der Waals surface area contributed by atoms with Gasteiger partial charge in [0.15, 0.2) is 6.33 Å². The molecule has 0 aliphatic heterocycles. The van der Waals surface area contributed by atoms with Crippen molar-refractivity contribution in [3.05, 3.63) is 6.33 Å². The minimum Gasteiger partial charge on any atom is -0.448 e. The van der Waals surface area contributed by atoms with E-state index in [1.165, 1.54) is 0 Å². The molecule has 0 spiro atoms. The van der Waals surface area contributed by atoms with Gasteiger partial charge in [-0.1, -0.05) is 9.94 Å². The Morgan fingerprint density at radius 2 is 2.60 bits per heavy atom. The van der Waals surface area contributed by atoms with Crippen LogP contribution in [-0.4, -0.2) is 26.2 Å². The van der Waals surface area contributed by atoms with Crippen LogP contribution in [0.25, 0.3) is 0 Å². The van der Waals surface area contributed by atoms with E-state index in [-0.39, 0.29) is 5.95 Å². The molecule has 0 unspecified atom stereocenters. The maximum Gasteiger partial charge on any atom is 0.532 e. The van der Waals surface area contributed by atoms with Crippen LogP contribution in [0.4, 0.5) is 10.7 Å². The zero-order valence-electron chi connectivity index (χ0n) is 4.76. The lowest BCUT2D eigenvalue weighted by molar-refractivity contribution is 0.0680. The summed E-state index contributed by atoms with van der Waals surface area (Å²) in [5.74, 6) is -0.0405. The summed E-state index contributed by atoms with van der Waals surface area (Å²) in [7, 11) is 0. The van der Waals surface area contributed by atoms with Crippen molar-refractivity contribution in [2.75, 3.05) is 5.73 Å². The van der Waals surface area contributed by atoms with E-state index in [1.807, 2.05) is 0 Å². The van der Waals surface area contributed by atoms with Gasteiger partial charge in [-0.25, -0.2) is 4.79 Å². The standard InChI is InChI=1S/C3H4N4O3/c4-2-5-1-7(6-2)10-3(8)9/h1H,(H2,4,6)(H,8,9). The van der Waals surface area contributed by atoms with Gasteiger partial charge in [-0.2, -0.15) is 4.98 Å². The second-order valence-electron chi connectivity index (χ2n) is 1.36. The van der Waals surface area contributed by atoms with Crippen molar-refractivity contribution in [1.29, 1.82) is 0 Å². The van der Waals surface area contributed by atoms with Crippen molar-refractivity contribution in [2.24, 2.45) is 0 Å². The summed E-state index contributed by atoms with van der Waals surface area (Å²) < 4.78 is 0. The number of aromatic nitrogens is 3. The summed E-state index contributed by atoms with van der Waals surface area (Å²) in [6.07, 6.45) is -0.423. The minimum atomic E-state index is -1.47. The topological polar surface area (TPSA) is 103 Å². The third-order valence-electron chi connectivity index (χ3n) is 0.661. The Balaban J connectivity index is 2.67. The highest BCUT2D eigenvalue weighted by molar-refractivity contribution is 5.56. The second kappa shape index (κ2) is 2.21. The Hall–Kier alpha value is -1.79. The highest BCUT2D eigenvalue weighted by atomic mass is 16.8. The highest BCUT2D eigenvalue weighted by Gasteiger charge is 2.00. The van der Waals surface area contributed by atoms with E-state index in [9.17, 15) is 4.79 Å². The summed E-state index contributed by atoms with van der Waals surface area (Å²) >= 11 is 0. The first-order valence-electron chi connectivity index (χ1n) is 2.27. The van der Waals surface area contributed by atoms with Gasteiger partial charge in [-0.3, -0.25) is 4.84 Å². The Labute approximate surface area is 55.0 Å². The molecule has 0 aliphatic rings. The second-order valence-corrected chi connectivity index (χ2v) is 1.36. The molecule has 3 N–H and O–H groups in total. The van der Waals surface area contributed by atoms with E-state index in [0.717, 1.165) is 6.33 Å². The fourth-order valence-electron chi connectivity index (χ4n) is 0.385. The number of carbonyl (C=O) groups is 1. The molecule has 1 aromatic rings. The lowest BCUT2D eigenvalue weighted by atomic mass is 11.1. The zero-order chi connectivity index (χ0) is 7.56. The molecule has 1 aromatic heterocycles. The van der Waals surface area contributed by atoms with E-state index in [2.05, 4.69) is 14.9 Å². The number of nitrogens with zero attached hydrogens (tertiary/aromatic N) is 3. The van der Waals surface area contributed by atoms with E-state index in [4.69, 9.17) is 10.8 Å². The van der Waals surface area contributed by atoms with Crippen molar-refractivity contribution in [2.45, 2.75) is 0 Å². The molecule has 0 saturated carbocycles. The molecule has 0 amide bonds. The maximum absolute atomic E-state index is 9.83. The Morgan fingerprint density at radius 3 is 3.00 bits per heavy atom. The van der Waals surface area contributed by atoms with Gasteiger partial charge in [0.2, 0.25) is 5.95 Å². The van der Waals surface area contributed by atoms with Crippen LogP contribution in [-0.2, 0) is 0 Å². The number of rotatable bonds is 1. The average Bonchev–Trinajstić information content (AvgIpc) is 2.13. The Kier molecular flexibility index (Phi) is 1.40. The summed E-state index contributed by atoms with van der Waals surface area (Å²) in [5.41, 5.74) is 5.04. The molecule has 7 heteroatoms. The third-order valence-corrected chi connectivity index (χ3v) is 0.661. The Morgan fingerprint density at radius 1 is 1.90 bits per heavy atom. The van der Waals surface area contributed by atoms with Crippen LogP contribution in [0.2, 0.25) is 0 Å². The number of hydrogen-bond donors (Lipinski definition) is 2. The van der Waals surface area contributed by atoms with Gasteiger partial charge in [0.25, 0.3) is 0 Å². The molecule has 0 radical (unpaired) electrons. The molecule has 1 rings (SSSR count). The van der Waals surface area contributed by atoms with Crippen LogP contribution < -0.4 is 10.6 Å². The van der Waals surface area contributed by atoms with Gasteiger partial charge in [-0.05, 0) is 0 Å². The summed E-state index contributed by atoms with van der Waals surface area (Å²) in [5, 5.41) is 11.4. The minimum absolute atomic E-state index is 0.0405. The predicted octanol–water partition coefficient (Wildman–Crippen LogP) is -1.03. The average molecular weight is 144 g/mol. The fraction of sp³-hybridized carbons (Fsp3) is 0. The smallest absolute Gasteiger partial charge is 0.448 e. The molecule has 0 aliphatic carbocycles. The normalized spacial score (nSPS) is 9.20. The van der Waals surface area contributed by atoms with E-state index in [0.29, 0.717) is 4.85 Å². The quantitative estimate of drug-likeness (QED) is 0.522. The molecular formula is C3H4N4O3. The fourth-order valence-corrected chi connectivity index (χ4v) is 0.385. The van der Waals surface area contributed by atoms with Crippen molar-refractivity contribution in [3.63, 3.8) is 0 Å². The van der Waals surface area contributed by atoms with Crippen LogP contribution >= 0.6 is 0 Å². The van der Waals surface area contributed by atoms with Crippen molar-refractivity contribution in [3.8, 4) is 0 Å². The van der Waals surface area contributed by atoms with Crippen LogP contribution in [0, 0.1) is 0 Å². The highest BCUT2D eigenvalue weighted by Crippen LogP contribution is 1.85. The molecule has 0 fully saturated rings. The molecule has 0 aromatic carbocycles. The zero-order valence-corrected chi connectivity index (χ0v) is 4.76. The number of nitrogens with two attached hydrogens (primary N) is 1. The number of nitrogen functional groups attached to an aromatic ring is 1. The maximum atomic E-state index is 9.83. The number of carboxylic acid groups (broad SMARTS) is 1. The van der Waals surface area contributed by atoms with Crippen LogP contribution in [0.15, 0.2) is 6.33 Å². The summed E-state index contributed by atoms with van der Waals surface area (Å²) in [4.78, 5) is 17.9. The van der Waals surface area contributed by atoms with Gasteiger partial charge in [-0.15, -0.1) is 0 Å². The molecule has 7 nitrogen and oxygen atoms in total. The van der Waals surface area contributed by atoms with Gasteiger partial charge >= 0.3 is 6.16 Å². The summed E-state index contributed by atoms with van der Waals surface area (Å²) in [6, 6.07) is 0. The van der Waals surface area contributed by atoms with E-state index < -0.39 is 6.16 Å². The van der Waals surface area contributed by atoms with Crippen LogP contribution in [0.1, 0.15) is 0 Å². The molecule has 0 bridgehead atoms.